The average Bonchev–Trinajstić information content (AvgIpc) is 2.79. The van der Waals surface area contributed by atoms with E-state index in [-0.39, 0.29) is 5.69 Å². The molecular formula is C14H15NO3S. The van der Waals surface area contributed by atoms with Crippen LogP contribution in [0.15, 0.2) is 39.8 Å². The summed E-state index contributed by atoms with van der Waals surface area (Å²) in [7, 11) is 0. The number of rotatable bonds is 5. The summed E-state index contributed by atoms with van der Waals surface area (Å²) in [4.78, 5) is 12.5. The fourth-order valence-corrected chi connectivity index (χ4v) is 2.59. The first-order chi connectivity index (χ1) is 9.22. The molecule has 0 saturated heterocycles. The second-order valence-electron chi connectivity index (χ2n) is 3.91. The molecule has 5 heteroatoms. The molecule has 1 aromatic heterocycles. The van der Waals surface area contributed by atoms with Crippen LogP contribution in [-0.2, 0) is 10.5 Å². The van der Waals surface area contributed by atoms with Gasteiger partial charge in [0.1, 0.15) is 5.76 Å². The van der Waals surface area contributed by atoms with E-state index in [1.54, 1.807) is 13.8 Å². The maximum absolute atomic E-state index is 11.7. The summed E-state index contributed by atoms with van der Waals surface area (Å²) >= 11 is 1.53. The summed E-state index contributed by atoms with van der Waals surface area (Å²) in [5, 5.41) is 3.78. The molecule has 19 heavy (non-hydrogen) atoms. The van der Waals surface area contributed by atoms with Crippen LogP contribution in [0.2, 0.25) is 0 Å². The molecule has 0 aliphatic rings. The standard InChI is InChI=1S/C14H15NO3S/c1-3-17-14(16)12-13(10(2)18-15-12)19-9-11-7-5-4-6-8-11/h4-8H,3,9H2,1-2H3. The Balaban J connectivity index is 2.11. The molecule has 0 radical (unpaired) electrons. The highest BCUT2D eigenvalue weighted by Gasteiger charge is 2.21. The van der Waals surface area contributed by atoms with E-state index in [1.165, 1.54) is 17.3 Å². The lowest BCUT2D eigenvalue weighted by Gasteiger charge is -2.02. The van der Waals surface area contributed by atoms with Crippen LogP contribution in [0.4, 0.5) is 0 Å². The molecule has 0 bridgehead atoms. The highest BCUT2D eigenvalue weighted by molar-refractivity contribution is 7.98. The lowest BCUT2D eigenvalue weighted by Crippen LogP contribution is -2.06. The van der Waals surface area contributed by atoms with E-state index < -0.39 is 5.97 Å². The van der Waals surface area contributed by atoms with Crippen molar-refractivity contribution in [1.82, 2.24) is 5.16 Å². The zero-order valence-corrected chi connectivity index (χ0v) is 11.7. The minimum Gasteiger partial charge on any atom is -0.461 e. The van der Waals surface area contributed by atoms with Gasteiger partial charge in [-0.25, -0.2) is 4.79 Å². The van der Waals surface area contributed by atoms with E-state index in [0.29, 0.717) is 12.4 Å². The topological polar surface area (TPSA) is 52.3 Å². The Morgan fingerprint density at radius 1 is 1.37 bits per heavy atom. The van der Waals surface area contributed by atoms with Crippen molar-refractivity contribution in [2.75, 3.05) is 6.61 Å². The van der Waals surface area contributed by atoms with Gasteiger partial charge in [-0.3, -0.25) is 0 Å². The fourth-order valence-electron chi connectivity index (χ4n) is 1.59. The van der Waals surface area contributed by atoms with E-state index in [1.807, 2.05) is 30.3 Å². The monoisotopic (exact) mass is 277 g/mol. The first-order valence-corrected chi connectivity index (χ1v) is 7.01. The number of aryl methyl sites for hydroxylation is 1. The van der Waals surface area contributed by atoms with Gasteiger partial charge in [-0.15, -0.1) is 11.8 Å². The van der Waals surface area contributed by atoms with Crippen LogP contribution in [-0.4, -0.2) is 17.7 Å². The van der Waals surface area contributed by atoms with Crippen LogP contribution >= 0.6 is 11.8 Å². The number of carbonyl (C=O) groups is 1. The van der Waals surface area contributed by atoms with Crippen LogP contribution in [0.1, 0.15) is 28.7 Å². The molecule has 100 valence electrons. The predicted molar refractivity (Wildman–Crippen MR) is 73.2 cm³/mol. The second-order valence-corrected chi connectivity index (χ2v) is 4.90. The van der Waals surface area contributed by atoms with Crippen LogP contribution in [0, 0.1) is 6.92 Å². The molecule has 0 atom stereocenters. The third-order valence-electron chi connectivity index (χ3n) is 2.50. The van der Waals surface area contributed by atoms with Gasteiger partial charge in [-0.1, -0.05) is 35.5 Å². The quantitative estimate of drug-likeness (QED) is 0.619. The summed E-state index contributed by atoms with van der Waals surface area (Å²) in [6, 6.07) is 10.0. The van der Waals surface area contributed by atoms with Crippen molar-refractivity contribution in [3.63, 3.8) is 0 Å². The highest BCUT2D eigenvalue weighted by atomic mass is 32.2. The maximum Gasteiger partial charge on any atom is 0.361 e. The molecule has 0 aliphatic heterocycles. The number of esters is 1. The predicted octanol–water partition coefficient (Wildman–Crippen LogP) is 3.45. The van der Waals surface area contributed by atoms with Crippen molar-refractivity contribution in [3.05, 3.63) is 47.3 Å². The van der Waals surface area contributed by atoms with E-state index in [2.05, 4.69) is 5.16 Å². The summed E-state index contributed by atoms with van der Waals surface area (Å²) < 4.78 is 10.0. The Bertz CT molecular complexity index is 551. The lowest BCUT2D eigenvalue weighted by molar-refractivity contribution is 0.0511. The van der Waals surface area contributed by atoms with Crippen LogP contribution in [0.25, 0.3) is 0 Å². The number of nitrogens with zero attached hydrogens (tertiary/aromatic N) is 1. The largest absolute Gasteiger partial charge is 0.461 e. The van der Waals surface area contributed by atoms with Gasteiger partial charge in [-0.2, -0.15) is 0 Å². The van der Waals surface area contributed by atoms with Crippen LogP contribution in [0.3, 0.4) is 0 Å². The van der Waals surface area contributed by atoms with Crippen molar-refractivity contribution >= 4 is 17.7 Å². The number of aromatic nitrogens is 1. The van der Waals surface area contributed by atoms with E-state index >= 15 is 0 Å². The van der Waals surface area contributed by atoms with Gasteiger partial charge in [0.15, 0.2) is 0 Å². The Morgan fingerprint density at radius 3 is 2.79 bits per heavy atom. The Hall–Kier alpha value is -1.75. The minimum absolute atomic E-state index is 0.264. The molecule has 0 saturated carbocycles. The van der Waals surface area contributed by atoms with Gasteiger partial charge >= 0.3 is 5.97 Å². The van der Waals surface area contributed by atoms with Gasteiger partial charge < -0.3 is 9.26 Å². The molecule has 0 unspecified atom stereocenters. The number of thioether (sulfide) groups is 1. The van der Waals surface area contributed by atoms with Crippen molar-refractivity contribution in [1.29, 1.82) is 0 Å². The summed E-state index contributed by atoms with van der Waals surface area (Å²) in [5.74, 6) is 0.967. The smallest absolute Gasteiger partial charge is 0.361 e. The average molecular weight is 277 g/mol. The Labute approximate surface area is 116 Å². The van der Waals surface area contributed by atoms with E-state index in [9.17, 15) is 4.79 Å². The number of ether oxygens (including phenoxy) is 1. The molecule has 2 rings (SSSR count). The molecule has 4 nitrogen and oxygen atoms in total. The molecule has 0 aliphatic carbocycles. The summed E-state index contributed by atoms with van der Waals surface area (Å²) in [6.45, 7) is 3.89. The first-order valence-electron chi connectivity index (χ1n) is 6.02. The number of carbonyl (C=O) groups excluding carboxylic acids is 1. The maximum atomic E-state index is 11.7. The normalized spacial score (nSPS) is 10.4. The molecular weight excluding hydrogens is 262 g/mol. The SMILES string of the molecule is CCOC(=O)c1noc(C)c1SCc1ccccc1. The molecule has 2 aromatic rings. The van der Waals surface area contributed by atoms with Gasteiger partial charge in [0.2, 0.25) is 5.69 Å². The summed E-state index contributed by atoms with van der Waals surface area (Å²) in [6.07, 6.45) is 0. The van der Waals surface area contributed by atoms with Gasteiger partial charge in [0.05, 0.1) is 11.5 Å². The number of hydrogen-bond acceptors (Lipinski definition) is 5. The molecule has 0 fully saturated rings. The van der Waals surface area contributed by atoms with Gasteiger partial charge in [0.25, 0.3) is 0 Å². The molecule has 1 aromatic carbocycles. The Kier molecular flexibility index (Phi) is 4.63. The minimum atomic E-state index is -0.435. The third kappa shape index (κ3) is 3.38. The number of hydrogen-bond donors (Lipinski definition) is 0. The molecule has 1 heterocycles. The highest BCUT2D eigenvalue weighted by Crippen LogP contribution is 2.29. The fraction of sp³-hybridized carbons (Fsp3) is 0.286. The summed E-state index contributed by atoms with van der Waals surface area (Å²) in [5.41, 5.74) is 1.45. The molecule has 0 amide bonds. The van der Waals surface area contributed by atoms with E-state index in [0.717, 1.165) is 10.6 Å². The zero-order chi connectivity index (χ0) is 13.7. The second kappa shape index (κ2) is 6.43. The van der Waals surface area contributed by atoms with Crippen molar-refractivity contribution in [2.24, 2.45) is 0 Å². The zero-order valence-electron chi connectivity index (χ0n) is 10.9. The van der Waals surface area contributed by atoms with Gasteiger partial charge in [0, 0.05) is 5.75 Å². The van der Waals surface area contributed by atoms with Gasteiger partial charge in [-0.05, 0) is 19.4 Å². The third-order valence-corrected chi connectivity index (χ3v) is 3.75. The van der Waals surface area contributed by atoms with Crippen LogP contribution in [0.5, 0.6) is 0 Å². The first kappa shape index (κ1) is 13.7. The molecule has 0 N–H and O–H groups in total. The molecule has 0 spiro atoms. The number of benzene rings is 1. The van der Waals surface area contributed by atoms with E-state index in [4.69, 9.17) is 9.26 Å². The van der Waals surface area contributed by atoms with Crippen molar-refractivity contribution in [2.45, 2.75) is 24.5 Å². The van der Waals surface area contributed by atoms with Crippen LogP contribution < -0.4 is 0 Å². The lowest BCUT2D eigenvalue weighted by atomic mass is 10.2. The Morgan fingerprint density at radius 2 is 2.11 bits per heavy atom. The van der Waals surface area contributed by atoms with Crippen molar-refractivity contribution < 1.29 is 14.1 Å². The van der Waals surface area contributed by atoms with Crippen molar-refractivity contribution in [3.8, 4) is 0 Å².